The number of guanidine groups is 1. The van der Waals surface area contributed by atoms with Gasteiger partial charge in [0, 0.05) is 26.2 Å². The van der Waals surface area contributed by atoms with Gasteiger partial charge in [-0.15, -0.1) is 34.2 Å². The lowest BCUT2D eigenvalue weighted by Crippen LogP contribution is -2.49. The van der Waals surface area contributed by atoms with Crippen molar-refractivity contribution in [3.05, 3.63) is 11.6 Å². The van der Waals surface area contributed by atoms with Crippen LogP contribution in [0.2, 0.25) is 0 Å². The Morgan fingerprint density at radius 2 is 1.96 bits per heavy atom. The molecule has 0 unspecified atom stereocenters. The average molecular weight is 479 g/mol. The summed E-state index contributed by atoms with van der Waals surface area (Å²) in [5.74, 6) is 2.30. The fourth-order valence-corrected chi connectivity index (χ4v) is 2.17. The number of carbonyl (C=O) groups is 1. The number of unbranched alkanes of at least 4 members (excludes halogenated alkanes) is 1. The van der Waals surface area contributed by atoms with Crippen LogP contribution in [0, 0.1) is 6.92 Å². The van der Waals surface area contributed by atoms with Crippen LogP contribution in [0.4, 0.5) is 0 Å². The fraction of sp³-hybridized carbons (Fsp3) is 0.765. The summed E-state index contributed by atoms with van der Waals surface area (Å²) < 4.78 is 1.92. The SMILES string of the molecule is CCCCNC(=NCc1nnc(C)n1C)N(C)CC(=O)NC(C)(C)C.I. The molecular weight excluding hydrogens is 445 g/mol. The molecule has 150 valence electrons. The van der Waals surface area contributed by atoms with E-state index in [2.05, 4.69) is 32.7 Å². The van der Waals surface area contributed by atoms with Crippen LogP contribution in [0.3, 0.4) is 0 Å². The van der Waals surface area contributed by atoms with Gasteiger partial charge in [-0.3, -0.25) is 4.79 Å². The zero-order chi connectivity index (χ0) is 19.0. The van der Waals surface area contributed by atoms with Gasteiger partial charge >= 0.3 is 0 Å². The van der Waals surface area contributed by atoms with Crippen molar-refractivity contribution in [1.29, 1.82) is 0 Å². The first-order valence-electron chi connectivity index (χ1n) is 8.79. The van der Waals surface area contributed by atoms with Crippen molar-refractivity contribution in [2.75, 3.05) is 20.1 Å². The van der Waals surface area contributed by atoms with Crippen LogP contribution in [-0.4, -0.2) is 57.2 Å². The number of nitrogens with zero attached hydrogens (tertiary/aromatic N) is 5. The first-order chi connectivity index (χ1) is 11.6. The third-order valence-corrected chi connectivity index (χ3v) is 3.62. The number of carbonyl (C=O) groups excluding carboxylic acids is 1. The van der Waals surface area contributed by atoms with Crippen molar-refractivity contribution >= 4 is 35.8 Å². The van der Waals surface area contributed by atoms with Crippen LogP contribution < -0.4 is 10.6 Å². The van der Waals surface area contributed by atoms with Gasteiger partial charge in [0.15, 0.2) is 11.8 Å². The molecule has 0 aliphatic rings. The second-order valence-electron chi connectivity index (χ2n) is 7.30. The molecule has 0 spiro atoms. The third-order valence-electron chi connectivity index (χ3n) is 3.62. The molecule has 0 fully saturated rings. The Morgan fingerprint density at radius 1 is 1.31 bits per heavy atom. The van der Waals surface area contributed by atoms with Crippen LogP contribution >= 0.6 is 24.0 Å². The summed E-state index contributed by atoms with van der Waals surface area (Å²) in [6, 6.07) is 0. The van der Waals surface area contributed by atoms with Gasteiger partial charge in [-0.05, 0) is 34.1 Å². The Morgan fingerprint density at radius 3 is 2.46 bits per heavy atom. The molecule has 1 aromatic heterocycles. The number of amides is 1. The monoisotopic (exact) mass is 479 g/mol. The second kappa shape index (κ2) is 11.3. The number of hydrogen-bond acceptors (Lipinski definition) is 4. The molecular formula is C17H34IN7O. The highest BCUT2D eigenvalue weighted by atomic mass is 127. The van der Waals surface area contributed by atoms with Crippen LogP contribution in [0.1, 0.15) is 52.2 Å². The number of rotatable bonds is 7. The van der Waals surface area contributed by atoms with Crippen molar-refractivity contribution in [3.63, 3.8) is 0 Å². The normalized spacial score (nSPS) is 11.7. The minimum Gasteiger partial charge on any atom is -0.356 e. The molecule has 2 N–H and O–H groups in total. The number of likely N-dealkylation sites (N-methyl/N-ethyl adjacent to an activating group) is 1. The lowest BCUT2D eigenvalue weighted by atomic mass is 10.1. The molecule has 1 heterocycles. The zero-order valence-corrected chi connectivity index (χ0v) is 19.4. The first-order valence-corrected chi connectivity index (χ1v) is 8.79. The van der Waals surface area contributed by atoms with Gasteiger partial charge in [0.25, 0.3) is 0 Å². The molecule has 8 nitrogen and oxygen atoms in total. The molecule has 0 saturated heterocycles. The molecule has 9 heteroatoms. The molecule has 0 bridgehead atoms. The lowest BCUT2D eigenvalue weighted by molar-refractivity contribution is -0.122. The van der Waals surface area contributed by atoms with E-state index in [-0.39, 0.29) is 42.0 Å². The maximum absolute atomic E-state index is 12.2. The summed E-state index contributed by atoms with van der Waals surface area (Å²) in [4.78, 5) is 18.6. The highest BCUT2D eigenvalue weighted by Gasteiger charge is 2.17. The Kier molecular flexibility index (Phi) is 10.7. The van der Waals surface area contributed by atoms with Crippen LogP contribution in [0.15, 0.2) is 4.99 Å². The minimum atomic E-state index is -0.249. The van der Waals surface area contributed by atoms with Gasteiger partial charge in [0.05, 0.1) is 6.54 Å². The smallest absolute Gasteiger partial charge is 0.240 e. The van der Waals surface area contributed by atoms with Crippen LogP contribution in [0.25, 0.3) is 0 Å². The van der Waals surface area contributed by atoms with E-state index >= 15 is 0 Å². The summed E-state index contributed by atoms with van der Waals surface area (Å²) >= 11 is 0. The number of aliphatic imine (C=N–C) groups is 1. The van der Waals surface area contributed by atoms with Gasteiger partial charge in [-0.25, -0.2) is 4.99 Å². The number of halogens is 1. The molecule has 1 rings (SSSR count). The molecule has 0 saturated carbocycles. The average Bonchev–Trinajstić information content (AvgIpc) is 2.80. The maximum atomic E-state index is 12.2. The number of hydrogen-bond donors (Lipinski definition) is 2. The molecule has 0 atom stereocenters. The van der Waals surface area contributed by atoms with Crippen molar-refractivity contribution in [3.8, 4) is 0 Å². The Hall–Kier alpha value is -1.39. The summed E-state index contributed by atoms with van der Waals surface area (Å²) in [6.45, 7) is 11.4. The van der Waals surface area contributed by atoms with Gasteiger partial charge in [0.2, 0.25) is 5.91 Å². The van der Waals surface area contributed by atoms with E-state index in [0.29, 0.717) is 12.5 Å². The van der Waals surface area contributed by atoms with Gasteiger partial charge in [-0.1, -0.05) is 13.3 Å². The summed E-state index contributed by atoms with van der Waals surface area (Å²) in [7, 11) is 3.78. The fourth-order valence-electron chi connectivity index (χ4n) is 2.17. The van der Waals surface area contributed by atoms with Crippen molar-refractivity contribution in [1.82, 2.24) is 30.3 Å². The highest BCUT2D eigenvalue weighted by Crippen LogP contribution is 2.01. The minimum absolute atomic E-state index is 0. The van der Waals surface area contributed by atoms with E-state index < -0.39 is 0 Å². The van der Waals surface area contributed by atoms with E-state index in [1.54, 1.807) is 0 Å². The van der Waals surface area contributed by atoms with Gasteiger partial charge < -0.3 is 20.1 Å². The zero-order valence-electron chi connectivity index (χ0n) is 17.1. The Bertz CT molecular complexity index is 592. The number of aromatic nitrogens is 3. The van der Waals surface area contributed by atoms with E-state index in [0.717, 1.165) is 31.0 Å². The lowest BCUT2D eigenvalue weighted by Gasteiger charge is -2.25. The summed E-state index contributed by atoms with van der Waals surface area (Å²) in [5, 5.41) is 14.5. The Labute approximate surface area is 174 Å². The van der Waals surface area contributed by atoms with Crippen LogP contribution in [-0.2, 0) is 18.4 Å². The van der Waals surface area contributed by atoms with E-state index in [1.165, 1.54) is 0 Å². The quantitative estimate of drug-likeness (QED) is 0.270. The number of nitrogens with one attached hydrogen (secondary N) is 2. The topological polar surface area (TPSA) is 87.4 Å². The van der Waals surface area contributed by atoms with E-state index in [9.17, 15) is 4.79 Å². The molecule has 0 aromatic carbocycles. The molecule has 26 heavy (non-hydrogen) atoms. The molecule has 0 radical (unpaired) electrons. The molecule has 1 aromatic rings. The predicted octanol–water partition coefficient (Wildman–Crippen LogP) is 1.83. The second-order valence-corrected chi connectivity index (χ2v) is 7.30. The molecule has 0 aliphatic heterocycles. The van der Waals surface area contributed by atoms with Gasteiger partial charge in [-0.2, -0.15) is 0 Å². The summed E-state index contributed by atoms with van der Waals surface area (Å²) in [6.07, 6.45) is 2.14. The first kappa shape index (κ1) is 24.6. The maximum Gasteiger partial charge on any atom is 0.240 e. The highest BCUT2D eigenvalue weighted by molar-refractivity contribution is 14.0. The van der Waals surface area contributed by atoms with Crippen molar-refractivity contribution < 1.29 is 4.79 Å². The van der Waals surface area contributed by atoms with E-state index in [1.807, 2.05) is 51.3 Å². The molecule has 1 amide bonds. The Balaban J connectivity index is 0.00000625. The van der Waals surface area contributed by atoms with Crippen molar-refractivity contribution in [2.24, 2.45) is 12.0 Å². The van der Waals surface area contributed by atoms with Crippen LogP contribution in [0.5, 0.6) is 0 Å². The number of aryl methyl sites for hydroxylation is 1. The predicted molar refractivity (Wildman–Crippen MR) is 116 cm³/mol. The van der Waals surface area contributed by atoms with E-state index in [4.69, 9.17) is 0 Å². The van der Waals surface area contributed by atoms with Gasteiger partial charge in [0.1, 0.15) is 12.4 Å². The molecule has 0 aliphatic carbocycles. The summed E-state index contributed by atoms with van der Waals surface area (Å²) in [5.41, 5.74) is -0.249. The van der Waals surface area contributed by atoms with Crippen molar-refractivity contribution in [2.45, 2.75) is 59.5 Å². The standard InChI is InChI=1S/C17H33N7O.HI/c1-8-9-10-18-16(19-11-14-22-21-13(2)24(14)7)23(6)12-15(25)20-17(3,4)5;/h8-12H2,1-7H3,(H,18,19)(H,20,25);1H. The third kappa shape index (κ3) is 8.81. The largest absolute Gasteiger partial charge is 0.356 e.